The van der Waals surface area contributed by atoms with Gasteiger partial charge in [0.15, 0.2) is 4.90 Å². The fourth-order valence-electron chi connectivity index (χ4n) is 2.95. The molecule has 0 fully saturated rings. The van der Waals surface area contributed by atoms with Gasteiger partial charge in [-0.15, -0.1) is 5.14 Å². The fraction of sp³-hybridized carbons (Fsp3) is 0.190. The summed E-state index contributed by atoms with van der Waals surface area (Å²) in [4.78, 5) is 11.3. The van der Waals surface area contributed by atoms with Gasteiger partial charge in [0, 0.05) is 54.6 Å². The molecule has 0 bridgehead atoms. The summed E-state index contributed by atoms with van der Waals surface area (Å²) in [5.41, 5.74) is 4.63. The molecule has 1 aliphatic rings. The predicted molar refractivity (Wildman–Crippen MR) is 122 cm³/mol. The fourth-order valence-corrected chi connectivity index (χ4v) is 3.58. The first-order valence-electron chi connectivity index (χ1n) is 9.28. The van der Waals surface area contributed by atoms with Crippen molar-refractivity contribution in [2.24, 2.45) is 5.14 Å². The maximum absolute atomic E-state index is 11.7. The number of nitrogens with two attached hydrogens (primary N) is 1. The van der Waals surface area contributed by atoms with Gasteiger partial charge in [-0.25, -0.2) is 4.98 Å². The lowest BCUT2D eigenvalue weighted by Crippen LogP contribution is -2.21. The molecule has 0 saturated carbocycles. The molecule has 30 heavy (non-hydrogen) atoms. The number of nitrogens with zero attached hydrogens (tertiary/aromatic N) is 3. The van der Waals surface area contributed by atoms with Crippen LogP contribution in [-0.4, -0.2) is 34.3 Å². The maximum atomic E-state index is 11.7. The minimum atomic E-state index is -1.57. The summed E-state index contributed by atoms with van der Waals surface area (Å²) in [6.45, 7) is 3.80. The van der Waals surface area contributed by atoms with E-state index in [2.05, 4.69) is 20.6 Å². The van der Waals surface area contributed by atoms with Gasteiger partial charge in [-0.1, -0.05) is 6.07 Å². The van der Waals surface area contributed by atoms with Gasteiger partial charge in [-0.2, -0.15) is 4.98 Å². The van der Waals surface area contributed by atoms with Crippen LogP contribution in [0.25, 0.3) is 0 Å². The minimum Gasteiger partial charge on any atom is -0.593 e. The van der Waals surface area contributed by atoms with Crippen molar-refractivity contribution in [1.82, 2.24) is 15.3 Å². The molecule has 1 atom stereocenters. The van der Waals surface area contributed by atoms with E-state index < -0.39 is 11.4 Å². The number of allylic oxidation sites excluding steroid dienone is 5. The van der Waals surface area contributed by atoms with Gasteiger partial charge in [0.2, 0.25) is 5.95 Å². The highest BCUT2D eigenvalue weighted by atomic mass is 32.2. The third-order valence-electron chi connectivity index (χ3n) is 4.82. The van der Waals surface area contributed by atoms with Gasteiger partial charge in [0.1, 0.15) is 5.82 Å². The van der Waals surface area contributed by atoms with Crippen LogP contribution >= 0.6 is 0 Å². The zero-order valence-corrected chi connectivity index (χ0v) is 18.2. The molecule has 1 aromatic carbocycles. The van der Waals surface area contributed by atoms with E-state index >= 15 is 0 Å². The van der Waals surface area contributed by atoms with Crippen LogP contribution in [-0.2, 0) is 11.4 Å². The SMILES string of the molecule is CN/C(C)=C1/C=CC(N(C)c2ccnc(Nc3ccc(C)c([S+](N)[O-])c3)n2)=CC1=N. The Labute approximate surface area is 179 Å². The number of benzene rings is 1. The highest BCUT2D eigenvalue weighted by molar-refractivity contribution is 7.89. The van der Waals surface area contributed by atoms with Crippen LogP contribution in [0.1, 0.15) is 12.5 Å². The van der Waals surface area contributed by atoms with E-state index in [1.54, 1.807) is 24.4 Å². The number of aryl methyl sites for hydroxylation is 1. The van der Waals surface area contributed by atoms with Gasteiger partial charge in [-0.3, -0.25) is 0 Å². The first-order chi connectivity index (χ1) is 14.3. The molecule has 1 heterocycles. The average Bonchev–Trinajstić information content (AvgIpc) is 2.74. The number of nitrogens with one attached hydrogen (secondary N) is 3. The lowest BCUT2D eigenvalue weighted by atomic mass is 10.0. The lowest BCUT2D eigenvalue weighted by Gasteiger charge is -2.23. The summed E-state index contributed by atoms with van der Waals surface area (Å²) in [5, 5.41) is 20.0. The Morgan fingerprint density at radius 1 is 1.27 bits per heavy atom. The molecule has 5 N–H and O–H groups in total. The summed E-state index contributed by atoms with van der Waals surface area (Å²) in [6, 6.07) is 7.23. The molecule has 3 rings (SSSR count). The van der Waals surface area contributed by atoms with E-state index in [-0.39, 0.29) is 0 Å². The minimum absolute atomic E-state index is 0.402. The molecular formula is C21H25N7OS. The van der Waals surface area contributed by atoms with Crippen LogP contribution in [0.3, 0.4) is 0 Å². The van der Waals surface area contributed by atoms with Gasteiger partial charge in [0.05, 0.1) is 17.1 Å². The Morgan fingerprint density at radius 3 is 2.70 bits per heavy atom. The zero-order chi connectivity index (χ0) is 21.8. The van der Waals surface area contributed by atoms with Crippen LogP contribution in [0.15, 0.2) is 70.6 Å². The number of rotatable bonds is 6. The van der Waals surface area contributed by atoms with Gasteiger partial charge >= 0.3 is 0 Å². The summed E-state index contributed by atoms with van der Waals surface area (Å²) >= 11 is -1.57. The van der Waals surface area contributed by atoms with Crippen molar-refractivity contribution in [3.05, 3.63) is 71.2 Å². The average molecular weight is 424 g/mol. The maximum Gasteiger partial charge on any atom is 0.229 e. The Kier molecular flexibility index (Phi) is 6.56. The van der Waals surface area contributed by atoms with Crippen LogP contribution in [0.5, 0.6) is 0 Å². The van der Waals surface area contributed by atoms with Crippen molar-refractivity contribution < 1.29 is 4.55 Å². The Balaban J connectivity index is 1.82. The largest absolute Gasteiger partial charge is 0.593 e. The topological polar surface area (TPSA) is 126 Å². The van der Waals surface area contributed by atoms with Crippen LogP contribution in [0.2, 0.25) is 0 Å². The van der Waals surface area contributed by atoms with E-state index in [9.17, 15) is 4.55 Å². The highest BCUT2D eigenvalue weighted by Crippen LogP contribution is 2.24. The molecule has 0 aliphatic heterocycles. The number of anilines is 3. The summed E-state index contributed by atoms with van der Waals surface area (Å²) < 4.78 is 11.7. The number of likely N-dealkylation sites (N-methyl/N-ethyl adjacent to an activating group) is 1. The zero-order valence-electron chi connectivity index (χ0n) is 17.4. The summed E-state index contributed by atoms with van der Waals surface area (Å²) in [6.07, 6.45) is 7.33. The van der Waals surface area contributed by atoms with E-state index in [1.165, 1.54) is 0 Å². The number of hydrogen-bond donors (Lipinski definition) is 4. The summed E-state index contributed by atoms with van der Waals surface area (Å²) in [7, 11) is 3.73. The van der Waals surface area contributed by atoms with E-state index in [4.69, 9.17) is 10.5 Å². The Hall–Kier alpha value is -3.14. The third-order valence-corrected chi connectivity index (χ3v) is 5.69. The quantitative estimate of drug-likeness (QED) is 0.526. The second kappa shape index (κ2) is 9.12. The molecule has 1 unspecified atom stereocenters. The van der Waals surface area contributed by atoms with Crippen molar-refractivity contribution >= 4 is 34.5 Å². The van der Waals surface area contributed by atoms with Crippen molar-refractivity contribution in [1.29, 1.82) is 5.41 Å². The van der Waals surface area contributed by atoms with Crippen molar-refractivity contribution in [3.8, 4) is 0 Å². The Morgan fingerprint density at radius 2 is 2.03 bits per heavy atom. The van der Waals surface area contributed by atoms with Crippen molar-refractivity contribution in [3.63, 3.8) is 0 Å². The standard InChI is InChI=1S/C21H25N7OS/c1-13-5-6-15(11-19(13)30(23)29)26-21-25-10-9-20(27-21)28(4)16-7-8-17(14(2)24-3)18(22)12-16/h5-12,22,24H,23H2,1-4H3,(H,25,26,27)/b17-14-,22-18?. The first kappa shape index (κ1) is 21.6. The number of hydrogen-bond acceptors (Lipinski definition) is 8. The second-order valence-corrected chi connectivity index (χ2v) is 7.84. The molecule has 1 aliphatic carbocycles. The van der Waals surface area contributed by atoms with Crippen LogP contribution in [0, 0.1) is 12.3 Å². The van der Waals surface area contributed by atoms with Crippen molar-refractivity contribution in [2.45, 2.75) is 18.7 Å². The van der Waals surface area contributed by atoms with E-state index in [0.717, 1.165) is 22.5 Å². The molecule has 0 radical (unpaired) electrons. The molecule has 2 aromatic rings. The van der Waals surface area contributed by atoms with Gasteiger partial charge in [-0.05, 0) is 44.2 Å². The molecule has 8 nitrogen and oxygen atoms in total. The van der Waals surface area contributed by atoms with Gasteiger partial charge in [0.25, 0.3) is 0 Å². The third kappa shape index (κ3) is 4.70. The first-order valence-corrected chi connectivity index (χ1v) is 10.5. The molecule has 0 saturated heterocycles. The number of aromatic nitrogens is 2. The Bertz CT molecular complexity index is 1060. The second-order valence-electron chi connectivity index (χ2n) is 6.81. The molecule has 1 aromatic heterocycles. The lowest BCUT2D eigenvalue weighted by molar-refractivity contribution is 0.596. The molecular weight excluding hydrogens is 398 g/mol. The molecule has 0 spiro atoms. The summed E-state index contributed by atoms with van der Waals surface area (Å²) in [5.74, 6) is 1.07. The van der Waals surface area contributed by atoms with Crippen LogP contribution < -0.4 is 20.7 Å². The van der Waals surface area contributed by atoms with Crippen LogP contribution in [0.4, 0.5) is 17.5 Å². The van der Waals surface area contributed by atoms with Crippen molar-refractivity contribution in [2.75, 3.05) is 24.3 Å². The van der Waals surface area contributed by atoms with E-state index in [0.29, 0.717) is 28.1 Å². The molecule has 0 amide bonds. The highest BCUT2D eigenvalue weighted by Gasteiger charge is 2.15. The molecule has 156 valence electrons. The smallest absolute Gasteiger partial charge is 0.229 e. The van der Waals surface area contributed by atoms with Gasteiger partial charge < -0.3 is 25.5 Å². The monoisotopic (exact) mass is 423 g/mol. The normalized spacial score (nSPS) is 16.1. The molecule has 9 heteroatoms. The predicted octanol–water partition coefficient (Wildman–Crippen LogP) is 2.91. The van der Waals surface area contributed by atoms with E-state index in [1.807, 2.05) is 57.1 Å².